The van der Waals surface area contributed by atoms with Crippen LogP contribution in [0.5, 0.6) is 0 Å². The Morgan fingerprint density at radius 2 is 1.42 bits per heavy atom. The van der Waals surface area contributed by atoms with Gasteiger partial charge in [-0.2, -0.15) is 0 Å². The SMILES string of the molecule is CC[C@H](C)[C@@H]([C@@H](CC(=O)N1CCC[C@H]1[C@H](OC)[C@@H](C)C(=O)N[C@@H](Cc1ccccc1)C(=O)OC)OC)N(C)C(=O)[C@@H](NC(=O)[C@H](C(C)C)N(C)CCc1ccc(N(C)C(=O)CCCCCN2C(=O)C=CC2=O)cc1)C(C)C. The van der Waals surface area contributed by atoms with Crippen molar-refractivity contribution in [3.63, 3.8) is 0 Å². The molecule has 2 heterocycles. The highest BCUT2D eigenvalue weighted by molar-refractivity contribution is 6.12. The minimum Gasteiger partial charge on any atom is -0.467 e. The standard InChI is InChI=1S/C59H89N7O11/c1-14-40(6)54(47(75-11)37-51(70)65-34-21-24-46(65)55(76-12)41(7)56(71)60-45(59(74)77-13)36-43-22-17-15-18-23-43)64(10)58(73)52(38(2)3)61-57(72)53(39(4)5)62(8)35-32-42-26-28-44(29-27-42)63(9)48(67)25-19-16-20-33-66-49(68)30-31-50(66)69/h15,17-18,22-23,26-31,38-41,45-47,52-55H,14,16,19-21,24-25,32-37H2,1-13H3,(H,60,71)(H,61,72)/t40-,41+,45-,46-,47+,52-,53-,54-,55+/m0/s1. The number of benzene rings is 2. The Bertz CT molecular complexity index is 2290. The smallest absolute Gasteiger partial charge is 0.328 e. The van der Waals surface area contributed by atoms with Gasteiger partial charge in [-0.3, -0.25) is 43.4 Å². The molecular weight excluding hydrogens is 983 g/mol. The minimum atomic E-state index is -0.919. The van der Waals surface area contributed by atoms with Crippen LogP contribution in [0.25, 0.3) is 0 Å². The summed E-state index contributed by atoms with van der Waals surface area (Å²) in [7, 11) is 9.71. The molecule has 2 N–H and O–H groups in total. The van der Waals surface area contributed by atoms with E-state index in [2.05, 4.69) is 10.6 Å². The Hall–Kier alpha value is -5.98. The number of likely N-dealkylation sites (N-methyl/N-ethyl adjacent to an activating group) is 2. The quantitative estimate of drug-likeness (QED) is 0.0539. The number of esters is 1. The Balaban J connectivity index is 1.37. The number of anilines is 1. The van der Waals surface area contributed by atoms with Gasteiger partial charge < -0.3 is 39.5 Å². The first-order chi connectivity index (χ1) is 36.6. The van der Waals surface area contributed by atoms with Crippen LogP contribution >= 0.6 is 0 Å². The number of ether oxygens (including phenoxy) is 3. The minimum absolute atomic E-state index is 0.0289. The summed E-state index contributed by atoms with van der Waals surface area (Å²) in [5.74, 6) is -3.53. The molecule has 77 heavy (non-hydrogen) atoms. The fourth-order valence-electron chi connectivity index (χ4n) is 10.8. The number of unbranched alkanes of at least 4 members (excludes halogenated alkanes) is 2. The molecule has 0 radical (unpaired) electrons. The number of amides is 7. The van der Waals surface area contributed by atoms with Gasteiger partial charge in [0.15, 0.2) is 0 Å². The molecule has 2 aliphatic heterocycles. The van der Waals surface area contributed by atoms with Crippen molar-refractivity contribution < 1.29 is 52.6 Å². The summed E-state index contributed by atoms with van der Waals surface area (Å²) >= 11 is 0. The summed E-state index contributed by atoms with van der Waals surface area (Å²) in [6, 6.07) is 13.8. The number of carbonyl (C=O) groups is 8. The fraction of sp³-hybridized carbons (Fsp3) is 0.627. The molecule has 0 aromatic heterocycles. The van der Waals surface area contributed by atoms with Gasteiger partial charge in [-0.15, -0.1) is 0 Å². The van der Waals surface area contributed by atoms with E-state index >= 15 is 0 Å². The zero-order chi connectivity index (χ0) is 57.1. The van der Waals surface area contributed by atoms with Crippen molar-refractivity contribution >= 4 is 53.0 Å². The maximum Gasteiger partial charge on any atom is 0.328 e. The second-order valence-electron chi connectivity index (χ2n) is 21.6. The number of nitrogens with zero attached hydrogens (tertiary/aromatic N) is 5. The van der Waals surface area contributed by atoms with Crippen LogP contribution in [0.15, 0.2) is 66.7 Å². The van der Waals surface area contributed by atoms with Gasteiger partial charge in [0.25, 0.3) is 11.8 Å². The van der Waals surface area contributed by atoms with Crippen LogP contribution in [0, 0.1) is 23.7 Å². The molecule has 0 saturated carbocycles. The summed E-state index contributed by atoms with van der Waals surface area (Å²) < 4.78 is 17.1. The Kier molecular flexibility index (Phi) is 25.4. The third-order valence-corrected chi connectivity index (χ3v) is 15.6. The lowest BCUT2D eigenvalue weighted by atomic mass is 9.89. The van der Waals surface area contributed by atoms with Crippen molar-refractivity contribution in [3.05, 3.63) is 77.9 Å². The summed E-state index contributed by atoms with van der Waals surface area (Å²) in [6.07, 6.45) is 6.32. The predicted octanol–water partition coefficient (Wildman–Crippen LogP) is 5.60. The average molecular weight is 1070 g/mol. The average Bonchev–Trinajstić information content (AvgIpc) is 4.03. The molecular formula is C59H89N7O11. The number of nitrogens with one attached hydrogen (secondary N) is 2. The molecule has 1 fully saturated rings. The number of hydrogen-bond acceptors (Lipinski definition) is 12. The van der Waals surface area contributed by atoms with E-state index in [-0.39, 0.29) is 66.0 Å². The van der Waals surface area contributed by atoms with Gasteiger partial charge in [0, 0.05) is 78.6 Å². The van der Waals surface area contributed by atoms with Crippen molar-refractivity contribution in [2.45, 2.75) is 155 Å². The van der Waals surface area contributed by atoms with Gasteiger partial charge in [-0.25, -0.2) is 4.79 Å². The molecule has 18 heteroatoms. The molecule has 0 unspecified atom stereocenters. The maximum absolute atomic E-state index is 14.8. The van der Waals surface area contributed by atoms with E-state index in [4.69, 9.17) is 14.2 Å². The summed E-state index contributed by atoms with van der Waals surface area (Å²) in [5, 5.41) is 6.00. The van der Waals surface area contributed by atoms with Crippen LogP contribution in [0.1, 0.15) is 111 Å². The fourth-order valence-corrected chi connectivity index (χ4v) is 10.8. The van der Waals surface area contributed by atoms with E-state index in [1.165, 1.54) is 31.3 Å². The first-order valence-electron chi connectivity index (χ1n) is 27.5. The second kappa shape index (κ2) is 30.8. The number of carbonyl (C=O) groups excluding carboxylic acids is 8. The molecule has 18 nitrogen and oxygen atoms in total. The molecule has 2 aromatic carbocycles. The molecule has 0 aliphatic carbocycles. The lowest BCUT2D eigenvalue weighted by Crippen LogP contribution is -2.60. The molecule has 2 aromatic rings. The lowest BCUT2D eigenvalue weighted by Gasteiger charge is -2.41. The van der Waals surface area contributed by atoms with E-state index in [0.29, 0.717) is 71.0 Å². The highest BCUT2D eigenvalue weighted by Crippen LogP contribution is 2.30. The van der Waals surface area contributed by atoms with Crippen molar-refractivity contribution in [2.75, 3.05) is 67.0 Å². The van der Waals surface area contributed by atoms with E-state index in [1.54, 1.807) is 42.8 Å². The third kappa shape index (κ3) is 17.5. The Labute approximate surface area is 457 Å². The molecule has 2 aliphatic rings. The molecule has 4 rings (SSSR count). The first-order valence-corrected chi connectivity index (χ1v) is 27.5. The van der Waals surface area contributed by atoms with E-state index < -0.39 is 60.2 Å². The molecule has 1 saturated heterocycles. The van der Waals surface area contributed by atoms with Gasteiger partial charge in [0.1, 0.15) is 12.1 Å². The van der Waals surface area contributed by atoms with Crippen LogP contribution < -0.4 is 15.5 Å². The highest BCUT2D eigenvalue weighted by atomic mass is 16.5. The Morgan fingerprint density at radius 3 is 1.99 bits per heavy atom. The summed E-state index contributed by atoms with van der Waals surface area (Å²) in [5.41, 5.74) is 2.65. The van der Waals surface area contributed by atoms with Crippen molar-refractivity contribution in [3.8, 4) is 0 Å². The van der Waals surface area contributed by atoms with Crippen molar-refractivity contribution in [1.29, 1.82) is 0 Å². The van der Waals surface area contributed by atoms with Crippen molar-refractivity contribution in [1.82, 2.24) is 30.2 Å². The zero-order valence-corrected chi connectivity index (χ0v) is 48.1. The van der Waals surface area contributed by atoms with Gasteiger partial charge in [-0.1, -0.05) is 104 Å². The van der Waals surface area contributed by atoms with Crippen LogP contribution in [0.2, 0.25) is 0 Å². The van der Waals surface area contributed by atoms with E-state index in [1.807, 2.05) is 108 Å². The summed E-state index contributed by atoms with van der Waals surface area (Å²) in [4.78, 5) is 115. The number of likely N-dealkylation sites (tertiary alicyclic amines) is 1. The monoisotopic (exact) mass is 1070 g/mol. The largest absolute Gasteiger partial charge is 0.467 e. The van der Waals surface area contributed by atoms with Crippen LogP contribution in [-0.2, 0) is 65.4 Å². The zero-order valence-electron chi connectivity index (χ0n) is 48.1. The number of methoxy groups -OCH3 is 3. The highest BCUT2D eigenvalue weighted by Gasteiger charge is 2.44. The van der Waals surface area contributed by atoms with E-state index in [9.17, 15) is 38.4 Å². The normalized spacial score (nSPS) is 17.7. The van der Waals surface area contributed by atoms with Crippen LogP contribution in [0.3, 0.4) is 0 Å². The number of rotatable bonds is 31. The molecule has 9 atom stereocenters. The van der Waals surface area contributed by atoms with Crippen LogP contribution in [0.4, 0.5) is 5.69 Å². The maximum atomic E-state index is 14.8. The molecule has 0 bridgehead atoms. The summed E-state index contributed by atoms with van der Waals surface area (Å²) in [6.45, 7) is 14.9. The topological polar surface area (TPSA) is 205 Å². The molecule has 7 amide bonds. The van der Waals surface area contributed by atoms with Crippen LogP contribution in [-0.4, -0.2) is 171 Å². The predicted molar refractivity (Wildman–Crippen MR) is 296 cm³/mol. The van der Waals surface area contributed by atoms with Gasteiger partial charge in [0.05, 0.1) is 49.8 Å². The Morgan fingerprint density at radius 1 is 0.766 bits per heavy atom. The number of hydrogen-bond donors (Lipinski definition) is 2. The van der Waals surface area contributed by atoms with Gasteiger partial charge in [0.2, 0.25) is 29.5 Å². The van der Waals surface area contributed by atoms with Crippen molar-refractivity contribution in [2.24, 2.45) is 23.7 Å². The molecule has 426 valence electrons. The second-order valence-corrected chi connectivity index (χ2v) is 21.6. The van der Waals surface area contributed by atoms with Gasteiger partial charge in [-0.05, 0) is 80.2 Å². The molecule has 0 spiro atoms. The lowest BCUT2D eigenvalue weighted by molar-refractivity contribution is -0.149. The first kappa shape index (κ1) is 63.6. The third-order valence-electron chi connectivity index (χ3n) is 15.6. The van der Waals surface area contributed by atoms with Gasteiger partial charge >= 0.3 is 5.97 Å². The van der Waals surface area contributed by atoms with E-state index in [0.717, 1.165) is 16.8 Å². The number of imide groups is 1.